The summed E-state index contributed by atoms with van der Waals surface area (Å²) in [4.78, 5) is 38.1. The summed E-state index contributed by atoms with van der Waals surface area (Å²) in [7, 11) is 0. The van der Waals surface area contributed by atoms with E-state index in [1.54, 1.807) is 36.4 Å². The molecular formula is C23H25FN2O4. The van der Waals surface area contributed by atoms with Crippen molar-refractivity contribution in [2.45, 2.75) is 39.2 Å². The fraction of sp³-hybridized carbons (Fsp3) is 0.348. The third-order valence-corrected chi connectivity index (χ3v) is 4.65. The number of hydrogen-bond donors (Lipinski definition) is 1. The van der Waals surface area contributed by atoms with Gasteiger partial charge in [-0.3, -0.25) is 19.3 Å². The van der Waals surface area contributed by atoms with E-state index in [1.807, 2.05) is 20.8 Å². The van der Waals surface area contributed by atoms with Crippen LogP contribution in [0, 0.1) is 0 Å². The zero-order valence-electron chi connectivity index (χ0n) is 17.3. The Morgan fingerprint density at radius 1 is 1.10 bits per heavy atom. The molecule has 1 fully saturated rings. The van der Waals surface area contributed by atoms with Crippen molar-refractivity contribution in [1.82, 2.24) is 10.2 Å². The van der Waals surface area contributed by atoms with Crippen LogP contribution in [0.4, 0.5) is 4.39 Å². The van der Waals surface area contributed by atoms with E-state index < -0.39 is 11.8 Å². The van der Waals surface area contributed by atoms with Gasteiger partial charge >= 0.3 is 0 Å². The number of halogens is 1. The van der Waals surface area contributed by atoms with Gasteiger partial charge in [-0.05, 0) is 57.9 Å². The molecule has 0 unspecified atom stereocenters. The van der Waals surface area contributed by atoms with Crippen LogP contribution in [0.1, 0.15) is 44.0 Å². The lowest BCUT2D eigenvalue weighted by Crippen LogP contribution is -2.40. The molecule has 1 saturated heterocycles. The second-order valence-corrected chi connectivity index (χ2v) is 8.29. The Balaban J connectivity index is 1.59. The fourth-order valence-corrected chi connectivity index (χ4v) is 3.21. The first-order valence-corrected chi connectivity index (χ1v) is 9.80. The van der Waals surface area contributed by atoms with Gasteiger partial charge in [-0.2, -0.15) is 0 Å². The van der Waals surface area contributed by atoms with Crippen LogP contribution in [0.25, 0.3) is 0 Å². The van der Waals surface area contributed by atoms with E-state index in [9.17, 15) is 18.8 Å². The van der Waals surface area contributed by atoms with Crippen molar-refractivity contribution >= 4 is 17.7 Å². The van der Waals surface area contributed by atoms with Crippen molar-refractivity contribution in [2.75, 3.05) is 13.2 Å². The van der Waals surface area contributed by atoms with E-state index >= 15 is 0 Å². The van der Waals surface area contributed by atoms with Crippen molar-refractivity contribution in [3.63, 3.8) is 0 Å². The number of imide groups is 1. The van der Waals surface area contributed by atoms with Crippen LogP contribution in [0.2, 0.25) is 0 Å². The van der Waals surface area contributed by atoms with Crippen LogP contribution in [0.5, 0.6) is 5.75 Å². The first-order valence-electron chi connectivity index (χ1n) is 9.80. The summed E-state index contributed by atoms with van der Waals surface area (Å²) in [5, 5.41) is 2.87. The molecule has 0 saturated carbocycles. The van der Waals surface area contributed by atoms with Crippen LogP contribution in [-0.4, -0.2) is 41.3 Å². The van der Waals surface area contributed by atoms with Gasteiger partial charge in [-0.25, -0.2) is 4.39 Å². The summed E-state index contributed by atoms with van der Waals surface area (Å²) < 4.78 is 19.0. The molecule has 1 aromatic carbocycles. The average molecular weight is 412 g/mol. The highest BCUT2D eigenvalue weighted by Gasteiger charge is 2.39. The monoisotopic (exact) mass is 412 g/mol. The molecule has 0 radical (unpaired) electrons. The van der Waals surface area contributed by atoms with Crippen LogP contribution < -0.4 is 10.1 Å². The summed E-state index contributed by atoms with van der Waals surface area (Å²) in [6.45, 7) is 5.38. The van der Waals surface area contributed by atoms with E-state index in [0.29, 0.717) is 41.6 Å². The van der Waals surface area contributed by atoms with Crippen LogP contribution >= 0.6 is 0 Å². The molecule has 1 heterocycles. The zero-order chi connectivity index (χ0) is 21.9. The lowest BCUT2D eigenvalue weighted by atomic mass is 10.0. The van der Waals surface area contributed by atoms with Crippen molar-refractivity contribution in [2.24, 2.45) is 0 Å². The lowest BCUT2D eigenvalue weighted by Gasteiger charge is -2.20. The predicted molar refractivity (Wildman–Crippen MR) is 110 cm³/mol. The van der Waals surface area contributed by atoms with Crippen molar-refractivity contribution in [3.8, 4) is 5.75 Å². The Morgan fingerprint density at radius 3 is 2.17 bits per heavy atom. The summed E-state index contributed by atoms with van der Waals surface area (Å²) in [5.41, 5.74) is 1.09. The van der Waals surface area contributed by atoms with Gasteiger partial charge in [0, 0.05) is 27.8 Å². The van der Waals surface area contributed by atoms with Gasteiger partial charge in [0.05, 0.1) is 12.9 Å². The molecule has 6 nitrogen and oxygen atoms in total. The van der Waals surface area contributed by atoms with E-state index in [-0.39, 0.29) is 30.2 Å². The van der Waals surface area contributed by atoms with Gasteiger partial charge in [0.1, 0.15) is 12.4 Å². The van der Waals surface area contributed by atoms with Gasteiger partial charge in [0.2, 0.25) is 0 Å². The molecule has 0 spiro atoms. The number of nitrogens with one attached hydrogen (secondary N) is 1. The van der Waals surface area contributed by atoms with E-state index in [1.165, 1.54) is 0 Å². The molecule has 158 valence electrons. The largest absolute Gasteiger partial charge is 0.489 e. The van der Waals surface area contributed by atoms with E-state index in [4.69, 9.17) is 4.74 Å². The molecule has 1 aliphatic heterocycles. The van der Waals surface area contributed by atoms with Gasteiger partial charge in [-0.1, -0.05) is 12.2 Å². The second-order valence-electron chi connectivity index (χ2n) is 8.29. The molecule has 3 amide bonds. The Labute approximate surface area is 175 Å². The Bertz CT molecular complexity index is 920. The summed E-state index contributed by atoms with van der Waals surface area (Å²) in [6.07, 6.45) is 5.29. The van der Waals surface area contributed by atoms with Crippen molar-refractivity contribution in [3.05, 3.63) is 65.0 Å². The highest BCUT2D eigenvalue weighted by Crippen LogP contribution is 2.30. The number of amides is 3. The number of carbonyl (C=O) groups excluding carboxylic acids is 3. The summed E-state index contributed by atoms with van der Waals surface area (Å²) in [5.74, 6) is -0.562. The standard InChI is InChI=1S/C23H25FN2O4/c1-23(2,3)25-20(27)16-8-10-17(11-9-16)30-14-15(12-24)13-26-21(28)18-6-4-5-7-19(18)22(26)29/h6-12H,4-5,13-14H2,1-3H3,(H,25,27)/b15-12+. The number of rotatable bonds is 6. The smallest absolute Gasteiger partial charge is 0.261 e. The second kappa shape index (κ2) is 8.65. The third kappa shape index (κ3) is 4.84. The van der Waals surface area contributed by atoms with Gasteiger partial charge in [0.25, 0.3) is 17.7 Å². The maximum Gasteiger partial charge on any atom is 0.261 e. The van der Waals surface area contributed by atoms with Crippen LogP contribution in [0.3, 0.4) is 0 Å². The predicted octanol–water partition coefficient (Wildman–Crippen LogP) is 3.46. The molecule has 1 aliphatic carbocycles. The molecule has 7 heteroatoms. The molecule has 0 bridgehead atoms. The average Bonchev–Trinajstić information content (AvgIpc) is 2.95. The number of fused-ring (bicyclic) bond motifs is 1. The molecule has 2 aliphatic rings. The summed E-state index contributed by atoms with van der Waals surface area (Å²) in [6, 6.07) is 6.46. The maximum atomic E-state index is 13.4. The Kier molecular flexibility index (Phi) is 6.20. The van der Waals surface area contributed by atoms with Gasteiger partial charge < -0.3 is 10.1 Å². The van der Waals surface area contributed by atoms with Gasteiger partial charge in [0.15, 0.2) is 0 Å². The number of benzene rings is 1. The minimum Gasteiger partial charge on any atom is -0.489 e. The number of carbonyl (C=O) groups is 3. The number of allylic oxidation sites excluding steroid dienone is 2. The molecule has 0 atom stereocenters. The quantitative estimate of drug-likeness (QED) is 0.726. The maximum absolute atomic E-state index is 13.4. The van der Waals surface area contributed by atoms with E-state index in [0.717, 1.165) is 4.90 Å². The topological polar surface area (TPSA) is 75.7 Å². The first kappa shape index (κ1) is 21.5. The molecule has 1 aromatic rings. The van der Waals surface area contributed by atoms with Crippen LogP contribution in [-0.2, 0) is 9.59 Å². The Hall–Kier alpha value is -3.22. The minimum absolute atomic E-state index is 0.126. The Morgan fingerprint density at radius 2 is 1.67 bits per heavy atom. The highest BCUT2D eigenvalue weighted by molar-refractivity contribution is 6.24. The highest BCUT2D eigenvalue weighted by atomic mass is 19.1. The molecule has 0 aromatic heterocycles. The van der Waals surface area contributed by atoms with Crippen LogP contribution in [0.15, 0.2) is 59.5 Å². The number of hydrogen-bond acceptors (Lipinski definition) is 4. The fourth-order valence-electron chi connectivity index (χ4n) is 3.21. The van der Waals surface area contributed by atoms with Gasteiger partial charge in [-0.15, -0.1) is 0 Å². The number of nitrogens with zero attached hydrogens (tertiary/aromatic N) is 1. The normalized spacial score (nSPS) is 16.8. The third-order valence-electron chi connectivity index (χ3n) is 4.65. The molecule has 3 rings (SSSR count). The number of ether oxygens (including phenoxy) is 1. The summed E-state index contributed by atoms with van der Waals surface area (Å²) >= 11 is 0. The zero-order valence-corrected chi connectivity index (χ0v) is 17.3. The van der Waals surface area contributed by atoms with E-state index in [2.05, 4.69) is 5.32 Å². The lowest BCUT2D eigenvalue weighted by molar-refractivity contribution is -0.136. The first-order chi connectivity index (χ1) is 14.2. The number of likely N-dealkylation sites (tertiary alicyclic amines) is 1. The SMILES string of the molecule is CC(C)(C)NC(=O)c1ccc(OC/C(=C/F)CN2C(=O)C3=CCCC=C3C2=O)cc1. The molecular weight excluding hydrogens is 387 g/mol. The molecule has 1 N–H and O–H groups in total. The van der Waals surface area contributed by atoms with Crippen molar-refractivity contribution in [1.29, 1.82) is 0 Å². The molecule has 30 heavy (non-hydrogen) atoms. The minimum atomic E-state index is -0.403. The van der Waals surface area contributed by atoms with Crippen molar-refractivity contribution < 1.29 is 23.5 Å².